The largest absolute Gasteiger partial charge is 0.508 e. The lowest BCUT2D eigenvalue weighted by Crippen LogP contribution is -2.60. The van der Waals surface area contributed by atoms with Crippen molar-refractivity contribution in [2.24, 2.45) is 51.2 Å². The SMILES string of the molecule is CSCC[C@@H](NC(=O)[C@H](CC(C)C)NC(=O)[C@H](Cc1c[nH]cn1)NC(=O)CNC(=O)[C@@H](NC(=O)[C@H](C)NC(=O)[C@H](Cc1c[nH]c2ccccc12)NC(=O)[C@H](CCC(N)=O)NC(=O)[C@H](CC(N)=O)NC(=O)CNC(=O)[C@H](Cc1ccc(O)cc1)NC(=O)[C@H](CCCN=C(N)N)NC(=O)[C@H](CCC(N)=O)NC(=O)[C@@H]1CCCN1C(=O)CN(CCN(CCN(CC(=O)O)CC(=O)O)CC(=O)O)CC(=O)O)C(C)C)C(N)=O. The number of likely N-dealkylation sites (tertiary alicyclic amines) is 1. The lowest BCUT2D eigenvalue weighted by atomic mass is 10.0. The maximum Gasteiger partial charge on any atom is 0.317 e. The molecule has 2 aromatic heterocycles. The molecule has 786 valence electrons. The molecule has 0 aliphatic carbocycles. The number of imidazole rings is 1. The van der Waals surface area contributed by atoms with E-state index in [1.54, 1.807) is 58.2 Å². The second-order valence-electron chi connectivity index (χ2n) is 34.7. The maximum absolute atomic E-state index is 14.8. The van der Waals surface area contributed by atoms with E-state index in [0.717, 1.165) is 14.7 Å². The van der Waals surface area contributed by atoms with Crippen LogP contribution in [0.25, 0.3) is 10.9 Å². The lowest BCUT2D eigenvalue weighted by molar-refractivity contribution is -0.143. The highest BCUT2D eigenvalue weighted by atomic mass is 32.2. The first-order chi connectivity index (χ1) is 67.5. The molecule has 1 aliphatic rings. The van der Waals surface area contributed by atoms with Gasteiger partial charge in [0.15, 0.2) is 5.96 Å². The van der Waals surface area contributed by atoms with Gasteiger partial charge in [-0.1, -0.05) is 58.0 Å². The van der Waals surface area contributed by atoms with Gasteiger partial charge in [-0.2, -0.15) is 11.8 Å². The van der Waals surface area contributed by atoms with Gasteiger partial charge in [0.1, 0.15) is 78.3 Å². The number of thioether (sulfide) groups is 1. The minimum absolute atomic E-state index is 0.0252. The van der Waals surface area contributed by atoms with E-state index in [1.165, 1.54) is 66.6 Å². The van der Waals surface area contributed by atoms with Gasteiger partial charge in [-0.25, -0.2) is 4.98 Å². The number of aliphatic carboxylic acids is 4. The second-order valence-corrected chi connectivity index (χ2v) is 35.7. The number of nitrogens with one attached hydrogen (secondary N) is 15. The van der Waals surface area contributed by atoms with Crippen molar-refractivity contribution in [1.29, 1.82) is 0 Å². The van der Waals surface area contributed by atoms with E-state index in [1.807, 2.05) is 0 Å². The molecular weight excluding hydrogens is 1900 g/mol. The fraction of sp³-hybridized carbons (Fsp3) is 0.545. The maximum atomic E-state index is 14.8. The zero-order chi connectivity index (χ0) is 106. The number of aromatic hydroxyl groups is 1. The number of carboxylic acids is 4. The van der Waals surface area contributed by atoms with Crippen LogP contribution in [0.15, 0.2) is 72.2 Å². The van der Waals surface area contributed by atoms with Crippen molar-refractivity contribution in [3.8, 4) is 5.75 Å². The molecule has 1 saturated heterocycles. The van der Waals surface area contributed by atoms with E-state index in [-0.39, 0.29) is 114 Å². The second kappa shape index (κ2) is 60.1. The number of guanidine groups is 1. The number of benzene rings is 2. The molecule has 55 heteroatoms. The Kier molecular flexibility index (Phi) is 49.7. The lowest BCUT2D eigenvalue weighted by Gasteiger charge is -2.30. The molecule has 1 fully saturated rings. The van der Waals surface area contributed by atoms with Crippen LogP contribution >= 0.6 is 11.8 Å². The van der Waals surface area contributed by atoms with Crippen molar-refractivity contribution in [3.05, 3.63) is 84.1 Å². The predicted octanol–water partition coefficient (Wildman–Crippen LogP) is -9.15. The molecule has 0 spiro atoms. The molecule has 3 heterocycles. The first-order valence-electron chi connectivity index (χ1n) is 45.7. The smallest absolute Gasteiger partial charge is 0.317 e. The number of aromatic amines is 2. The molecule has 18 amide bonds. The predicted molar refractivity (Wildman–Crippen MR) is 511 cm³/mol. The number of nitrogens with two attached hydrogens (primary N) is 6. The van der Waals surface area contributed by atoms with Gasteiger partial charge in [-0.05, 0) is 111 Å². The Labute approximate surface area is 825 Å². The van der Waals surface area contributed by atoms with E-state index < -0.39 is 293 Å². The molecule has 0 unspecified atom stereocenters. The van der Waals surface area contributed by atoms with Crippen molar-refractivity contribution >= 4 is 159 Å². The summed E-state index contributed by atoms with van der Waals surface area (Å²) < 4.78 is 0. The molecule has 12 atom stereocenters. The fourth-order valence-corrected chi connectivity index (χ4v) is 15.4. The summed E-state index contributed by atoms with van der Waals surface area (Å²) in [5, 5.41) is 81.2. The third-order valence-electron chi connectivity index (χ3n) is 22.2. The molecule has 4 aromatic rings. The Bertz CT molecular complexity index is 5120. The summed E-state index contributed by atoms with van der Waals surface area (Å²) in [5.41, 5.74) is 35.0. The summed E-state index contributed by atoms with van der Waals surface area (Å²) in [6, 6.07) is -6.65. The van der Waals surface area contributed by atoms with Crippen molar-refractivity contribution in [2.75, 3.05) is 97.1 Å². The average Bonchev–Trinajstić information content (AvgIpc) is 1.69. The number of aliphatic imine (C=N–C) groups is 1. The molecular formula is C88H131N27O27S. The van der Waals surface area contributed by atoms with E-state index in [9.17, 15) is 131 Å². The first-order valence-corrected chi connectivity index (χ1v) is 47.1. The number of nitrogens with zero attached hydrogens (tertiary/aromatic N) is 6. The minimum atomic E-state index is -2.00. The molecule has 5 rings (SSSR count). The number of fused-ring (bicyclic) bond motifs is 1. The summed E-state index contributed by atoms with van der Waals surface area (Å²) in [5.74, 6) is -24.7. The summed E-state index contributed by atoms with van der Waals surface area (Å²) in [6.07, 6.45) is 1.87. The van der Waals surface area contributed by atoms with Crippen LogP contribution in [0.4, 0.5) is 0 Å². The van der Waals surface area contributed by atoms with Gasteiger partial charge in [0.2, 0.25) is 106 Å². The third kappa shape index (κ3) is 43.6. The van der Waals surface area contributed by atoms with E-state index in [0.29, 0.717) is 27.9 Å². The summed E-state index contributed by atoms with van der Waals surface area (Å²) in [7, 11) is 0. The number of hydrogen-bond acceptors (Lipinski definition) is 29. The number of rotatable bonds is 67. The number of carbonyl (C=O) groups is 22. The van der Waals surface area contributed by atoms with Crippen LogP contribution in [0.3, 0.4) is 0 Å². The van der Waals surface area contributed by atoms with Gasteiger partial charge < -0.3 is 144 Å². The average molecular weight is 2030 g/mol. The Morgan fingerprint density at radius 2 is 0.979 bits per heavy atom. The molecule has 2 aromatic carbocycles. The number of hydrogen-bond donors (Lipinski definition) is 26. The van der Waals surface area contributed by atoms with Crippen molar-refractivity contribution in [3.63, 3.8) is 0 Å². The van der Waals surface area contributed by atoms with Crippen LogP contribution in [0, 0.1) is 11.8 Å². The third-order valence-corrected chi connectivity index (χ3v) is 22.9. The molecule has 1 aliphatic heterocycles. The van der Waals surface area contributed by atoms with Crippen LogP contribution in [0.2, 0.25) is 0 Å². The van der Waals surface area contributed by atoms with Crippen LogP contribution in [0.1, 0.15) is 122 Å². The number of phenolic OH excluding ortho intramolecular Hbond substituents is 1. The molecule has 32 N–H and O–H groups in total. The van der Waals surface area contributed by atoms with Crippen molar-refractivity contribution in [2.45, 2.75) is 197 Å². The van der Waals surface area contributed by atoms with Gasteiger partial charge in [0.25, 0.3) is 0 Å². The highest BCUT2D eigenvalue weighted by Crippen LogP contribution is 2.23. The Balaban J connectivity index is 1.33. The summed E-state index contributed by atoms with van der Waals surface area (Å²) in [4.78, 5) is 315. The fourth-order valence-electron chi connectivity index (χ4n) is 14.9. The molecule has 0 bridgehead atoms. The number of phenols is 1. The molecule has 0 saturated carbocycles. The van der Waals surface area contributed by atoms with Gasteiger partial charge >= 0.3 is 23.9 Å². The number of amides is 18. The minimum Gasteiger partial charge on any atom is -0.508 e. The van der Waals surface area contributed by atoms with Crippen molar-refractivity contribution in [1.82, 2.24) is 104 Å². The molecule has 0 radical (unpaired) electrons. The molecule has 143 heavy (non-hydrogen) atoms. The first kappa shape index (κ1) is 118. The van der Waals surface area contributed by atoms with Crippen LogP contribution in [0.5, 0.6) is 5.75 Å². The normalized spacial score (nSPS) is 14.6. The summed E-state index contributed by atoms with van der Waals surface area (Å²) in [6.45, 7) is 1.33. The van der Waals surface area contributed by atoms with Crippen LogP contribution < -0.4 is 104 Å². The number of primary amides is 4. The van der Waals surface area contributed by atoms with Gasteiger partial charge in [0.05, 0.1) is 64.3 Å². The number of carbonyl (C=O) groups excluding carboxylic acids is 18. The summed E-state index contributed by atoms with van der Waals surface area (Å²) >= 11 is 1.42. The quantitative estimate of drug-likeness (QED) is 0.0111. The topological polar surface area (TPSA) is 859 Å². The van der Waals surface area contributed by atoms with Crippen LogP contribution in [-0.4, -0.2) is 366 Å². The van der Waals surface area contributed by atoms with Gasteiger partial charge in [-0.15, -0.1) is 0 Å². The van der Waals surface area contributed by atoms with E-state index in [4.69, 9.17) is 34.4 Å². The van der Waals surface area contributed by atoms with Crippen LogP contribution in [-0.2, 0) is 125 Å². The highest BCUT2D eigenvalue weighted by Gasteiger charge is 2.41. The Morgan fingerprint density at radius 1 is 0.497 bits per heavy atom. The Hall–Kier alpha value is -15.2. The highest BCUT2D eigenvalue weighted by molar-refractivity contribution is 7.98. The van der Waals surface area contributed by atoms with E-state index in [2.05, 4.69) is 89.1 Å². The molecule has 54 nitrogen and oxygen atoms in total. The number of carboxylic acid groups (broad SMARTS) is 4. The zero-order valence-corrected chi connectivity index (χ0v) is 80.8. The standard InChI is InChI=1S/C88H131N27O27S/c1-46(2)31-59(83(138)104-55(76(92)131)23-30-143-6)108-84(139)62(34-51-37-95-45-100-51)102-69(121)39-99-87(142)75(47(3)4)111-77(132)48(5)101-82(137)61(33-50-36-97-54-12-8-7-11-53(50)54)110-81(136)57(19-21-65(89)117)106-85(140)63(35-67(91)119)103-68(120)38-98-78(133)60(32-49-15-17-52(116)18-16-49)109-79(134)56(13-9-24-96-88(93)94)105-80(135)58(20-22-66(90)118)107-86(141)64-14-10-25-115(64)70(122)40-113(42-72(125)126)28-26-112(41-71(123)124)27-29-114(43-73(127)128)44-74(129)130/h7-8,11-12,15-18,36-37,45-48,55-64,75,97,116H,9-10,13-14,19-35,38-44H2,1-6H3,(H2,89,117)(H2,90,118)(H2,91,119)(H2,92,131)(H,95,100)(H,98,133)(H,99,142)(H,101,137)(H,102,121)(H,103,120)(H,104,138)(H,105,135)(H,106,140)(H,107,141)(H,108,139)(H,109,134)(H,110,136)(H,111,132)(H,123,124)(H,125,126)(H,127,128)(H,129,130)(H4,93,94,96)/t48-,55+,56-,57-,58-,59-,60-,61-,62-,63-,64-,75-/m0/s1. The van der Waals surface area contributed by atoms with Gasteiger partial charge in [-0.3, -0.25) is 125 Å². The zero-order valence-electron chi connectivity index (χ0n) is 80.0. The van der Waals surface area contributed by atoms with E-state index >= 15 is 0 Å². The number of aromatic nitrogens is 3. The van der Waals surface area contributed by atoms with Crippen molar-refractivity contribution < 1.29 is 131 Å². The monoisotopic (exact) mass is 2030 g/mol. The van der Waals surface area contributed by atoms with Gasteiger partial charge in [0, 0.05) is 94.7 Å². The number of para-hydroxylation sites is 1. The number of H-pyrrole nitrogens is 2. The Morgan fingerprint density at radius 3 is 1.51 bits per heavy atom.